The molecule has 4 aromatic rings. The monoisotopic (exact) mass is 398 g/mol. The summed E-state index contributed by atoms with van der Waals surface area (Å²) >= 11 is 0. The fourth-order valence-corrected chi connectivity index (χ4v) is 3.53. The number of pyridine rings is 1. The van der Waals surface area contributed by atoms with Gasteiger partial charge in [-0.05, 0) is 43.7 Å². The largest absolute Gasteiger partial charge is 0.399 e. The molecule has 30 heavy (non-hydrogen) atoms. The molecule has 3 aromatic heterocycles. The molecular formula is C22H22N8. The quantitative estimate of drug-likeness (QED) is 0.448. The number of aryl methyl sites for hydroxylation is 2. The van der Waals surface area contributed by atoms with Crippen LogP contribution < -0.4 is 16.8 Å². The number of hydrogen-bond acceptors (Lipinski definition) is 7. The molecule has 1 atom stereocenters. The summed E-state index contributed by atoms with van der Waals surface area (Å²) in [4.78, 5) is 13.2. The predicted molar refractivity (Wildman–Crippen MR) is 118 cm³/mol. The summed E-state index contributed by atoms with van der Waals surface area (Å²) in [6.07, 6.45) is 1.98. The third-order valence-corrected chi connectivity index (χ3v) is 5.10. The maximum absolute atomic E-state index is 9.54. The highest BCUT2D eigenvalue weighted by molar-refractivity contribution is 5.84. The van der Waals surface area contributed by atoms with E-state index in [9.17, 15) is 5.26 Å². The minimum Gasteiger partial charge on any atom is -0.399 e. The zero-order valence-corrected chi connectivity index (χ0v) is 17.0. The van der Waals surface area contributed by atoms with Crippen LogP contribution in [0.25, 0.3) is 22.2 Å². The van der Waals surface area contributed by atoms with Gasteiger partial charge >= 0.3 is 0 Å². The second-order valence-electron chi connectivity index (χ2n) is 7.24. The van der Waals surface area contributed by atoms with E-state index in [2.05, 4.69) is 27.4 Å². The van der Waals surface area contributed by atoms with Crippen LogP contribution >= 0.6 is 0 Å². The van der Waals surface area contributed by atoms with Crippen LogP contribution in [0.1, 0.15) is 29.9 Å². The third-order valence-electron chi connectivity index (χ3n) is 5.10. The van der Waals surface area contributed by atoms with E-state index in [1.165, 1.54) is 0 Å². The summed E-state index contributed by atoms with van der Waals surface area (Å²) in [5, 5.41) is 12.8. The van der Waals surface area contributed by atoms with Crippen LogP contribution in [0.3, 0.4) is 0 Å². The van der Waals surface area contributed by atoms with Crippen molar-refractivity contribution in [1.82, 2.24) is 19.5 Å². The number of hydrogen-bond donors (Lipinski definition) is 3. The Bertz CT molecular complexity index is 1280. The average Bonchev–Trinajstić information content (AvgIpc) is 3.07. The maximum Gasteiger partial charge on any atom is 0.222 e. The van der Waals surface area contributed by atoms with Crippen LogP contribution in [0.15, 0.2) is 42.6 Å². The number of nitrogens with two attached hydrogens (primary N) is 2. The number of rotatable bonds is 4. The van der Waals surface area contributed by atoms with Crippen molar-refractivity contribution in [3.8, 4) is 17.2 Å². The van der Waals surface area contributed by atoms with Crippen molar-refractivity contribution >= 4 is 28.5 Å². The second kappa shape index (κ2) is 7.37. The van der Waals surface area contributed by atoms with E-state index >= 15 is 0 Å². The molecule has 1 aromatic carbocycles. The van der Waals surface area contributed by atoms with Crippen molar-refractivity contribution in [3.05, 3.63) is 59.5 Å². The summed E-state index contributed by atoms with van der Waals surface area (Å²) < 4.78 is 2.03. The smallest absolute Gasteiger partial charge is 0.222 e. The maximum atomic E-state index is 9.54. The molecule has 0 saturated heterocycles. The lowest BCUT2D eigenvalue weighted by Crippen LogP contribution is -2.14. The van der Waals surface area contributed by atoms with E-state index in [4.69, 9.17) is 16.5 Å². The fraction of sp³-hybridized carbons (Fsp3) is 0.182. The Morgan fingerprint density at radius 1 is 1.10 bits per heavy atom. The van der Waals surface area contributed by atoms with Crippen molar-refractivity contribution in [1.29, 1.82) is 5.26 Å². The van der Waals surface area contributed by atoms with Crippen LogP contribution in [-0.4, -0.2) is 19.5 Å². The van der Waals surface area contributed by atoms with E-state index < -0.39 is 0 Å². The van der Waals surface area contributed by atoms with Crippen LogP contribution in [0.5, 0.6) is 0 Å². The first-order valence-corrected chi connectivity index (χ1v) is 9.50. The first kappa shape index (κ1) is 19.2. The first-order chi connectivity index (χ1) is 14.4. The molecule has 150 valence electrons. The summed E-state index contributed by atoms with van der Waals surface area (Å²) in [5.41, 5.74) is 18.0. The fourth-order valence-electron chi connectivity index (χ4n) is 3.53. The molecule has 0 amide bonds. The Hall–Kier alpha value is -4.12. The lowest BCUT2D eigenvalue weighted by molar-refractivity contribution is 0.837. The van der Waals surface area contributed by atoms with E-state index in [0.29, 0.717) is 22.8 Å². The molecule has 0 aliphatic heterocycles. The van der Waals surface area contributed by atoms with Crippen LogP contribution in [0, 0.1) is 18.3 Å². The highest BCUT2D eigenvalue weighted by Gasteiger charge is 2.19. The average molecular weight is 398 g/mol. The molecule has 0 bridgehead atoms. The molecule has 0 fully saturated rings. The lowest BCUT2D eigenvalue weighted by Gasteiger charge is -2.19. The topological polar surface area (TPSA) is 131 Å². The van der Waals surface area contributed by atoms with E-state index in [1.807, 2.05) is 55.1 Å². The Balaban J connectivity index is 1.84. The van der Waals surface area contributed by atoms with Crippen molar-refractivity contribution in [3.63, 3.8) is 0 Å². The number of nitrogens with zero attached hydrogens (tertiary/aromatic N) is 5. The predicted octanol–water partition coefficient (Wildman–Crippen LogP) is 3.55. The first-order valence-electron chi connectivity index (χ1n) is 9.50. The van der Waals surface area contributed by atoms with Crippen molar-refractivity contribution < 1.29 is 0 Å². The van der Waals surface area contributed by atoms with Gasteiger partial charge < -0.3 is 21.4 Å². The van der Waals surface area contributed by atoms with E-state index in [-0.39, 0.29) is 12.0 Å². The van der Waals surface area contributed by atoms with Gasteiger partial charge in [0.1, 0.15) is 17.5 Å². The highest BCUT2D eigenvalue weighted by Crippen LogP contribution is 2.33. The minimum atomic E-state index is -0.247. The molecule has 0 aliphatic carbocycles. The standard InChI is InChI=1S/C22H22N8/c1-12-17(11-23)21(29-22(25)27-12)26-13(2)20-16(14-4-6-15(24)7-5-14)10-19-18(28-20)8-9-30(19)3/h4-10,13H,24H2,1-3H3,(H3,25,26,27,29). The molecule has 5 N–H and O–H groups in total. The Labute approximate surface area is 174 Å². The summed E-state index contributed by atoms with van der Waals surface area (Å²) in [7, 11) is 1.99. The molecule has 8 heteroatoms. The summed E-state index contributed by atoms with van der Waals surface area (Å²) in [6, 6.07) is 13.7. The number of aromatic nitrogens is 4. The third kappa shape index (κ3) is 3.37. The molecule has 3 heterocycles. The van der Waals surface area contributed by atoms with Gasteiger partial charge in [-0.3, -0.25) is 0 Å². The van der Waals surface area contributed by atoms with E-state index in [0.717, 1.165) is 27.9 Å². The van der Waals surface area contributed by atoms with Gasteiger partial charge in [-0.2, -0.15) is 10.2 Å². The normalized spacial score (nSPS) is 11.9. The molecule has 0 spiro atoms. The SMILES string of the molecule is Cc1nc(N)nc(NC(C)c2nc3ccn(C)c3cc2-c2ccc(N)cc2)c1C#N. The van der Waals surface area contributed by atoms with Gasteiger partial charge in [-0.1, -0.05) is 12.1 Å². The van der Waals surface area contributed by atoms with Gasteiger partial charge in [0.25, 0.3) is 0 Å². The van der Waals surface area contributed by atoms with Gasteiger partial charge in [0.2, 0.25) is 5.95 Å². The summed E-state index contributed by atoms with van der Waals surface area (Å²) in [6.45, 7) is 3.72. The number of nitriles is 1. The summed E-state index contributed by atoms with van der Waals surface area (Å²) in [5.74, 6) is 0.514. The Morgan fingerprint density at radius 3 is 2.53 bits per heavy atom. The van der Waals surface area contributed by atoms with Gasteiger partial charge in [0.15, 0.2) is 0 Å². The van der Waals surface area contributed by atoms with E-state index in [1.54, 1.807) is 6.92 Å². The second-order valence-corrected chi connectivity index (χ2v) is 7.24. The molecule has 0 radical (unpaired) electrons. The molecular weight excluding hydrogens is 376 g/mol. The van der Waals surface area contributed by atoms with Crippen LogP contribution in [0.4, 0.5) is 17.5 Å². The van der Waals surface area contributed by atoms with Crippen molar-refractivity contribution in [2.45, 2.75) is 19.9 Å². The molecule has 8 nitrogen and oxygen atoms in total. The molecule has 0 saturated carbocycles. The van der Waals surface area contributed by atoms with Crippen LogP contribution in [-0.2, 0) is 7.05 Å². The highest BCUT2D eigenvalue weighted by atomic mass is 15.1. The number of benzene rings is 1. The number of nitrogens with one attached hydrogen (secondary N) is 1. The molecule has 4 rings (SSSR count). The number of fused-ring (bicyclic) bond motifs is 1. The van der Waals surface area contributed by atoms with Gasteiger partial charge in [-0.25, -0.2) is 9.97 Å². The minimum absolute atomic E-state index is 0.117. The molecule has 1 unspecified atom stereocenters. The zero-order chi connectivity index (χ0) is 21.4. The zero-order valence-electron chi connectivity index (χ0n) is 17.0. The lowest BCUT2D eigenvalue weighted by atomic mass is 9.99. The molecule has 0 aliphatic rings. The Kier molecular flexibility index (Phi) is 4.72. The van der Waals surface area contributed by atoms with Gasteiger partial charge in [-0.15, -0.1) is 0 Å². The number of anilines is 3. The van der Waals surface area contributed by atoms with Crippen LogP contribution in [0.2, 0.25) is 0 Å². The Morgan fingerprint density at radius 2 is 1.83 bits per heavy atom. The van der Waals surface area contributed by atoms with Gasteiger partial charge in [0.05, 0.1) is 28.5 Å². The van der Waals surface area contributed by atoms with Gasteiger partial charge in [0, 0.05) is 24.5 Å². The van der Waals surface area contributed by atoms with Crippen molar-refractivity contribution in [2.75, 3.05) is 16.8 Å². The number of nitrogen functional groups attached to an aromatic ring is 2. The van der Waals surface area contributed by atoms with Crippen molar-refractivity contribution in [2.24, 2.45) is 7.05 Å².